The maximum atomic E-state index is 15.0. The maximum Gasteiger partial charge on any atom is 0.414 e. The molecule has 3 aliphatic heterocycles. The van der Waals surface area contributed by atoms with Crippen LogP contribution in [0, 0.1) is 11.7 Å². The van der Waals surface area contributed by atoms with Gasteiger partial charge in [-0.15, -0.1) is 0 Å². The van der Waals surface area contributed by atoms with Gasteiger partial charge < -0.3 is 15.0 Å². The van der Waals surface area contributed by atoms with Crippen molar-refractivity contribution in [2.75, 3.05) is 34.4 Å². The molecular formula is C22H28FN3O2S. The lowest BCUT2D eigenvalue weighted by atomic mass is 9.83. The van der Waals surface area contributed by atoms with Crippen molar-refractivity contribution in [2.24, 2.45) is 5.92 Å². The summed E-state index contributed by atoms with van der Waals surface area (Å²) in [6.07, 6.45) is 5.24. The highest BCUT2D eigenvalue weighted by molar-refractivity contribution is 7.99. The van der Waals surface area contributed by atoms with E-state index >= 15 is 4.39 Å². The highest BCUT2D eigenvalue weighted by Gasteiger charge is 2.39. The number of hydrogen-bond donors (Lipinski definition) is 1. The molecule has 1 N–H and O–H groups in total. The third kappa shape index (κ3) is 3.58. The Bertz CT molecular complexity index is 799. The van der Waals surface area contributed by atoms with E-state index in [4.69, 9.17) is 4.74 Å². The molecule has 2 bridgehead atoms. The van der Waals surface area contributed by atoms with Gasteiger partial charge in [0.1, 0.15) is 11.9 Å². The van der Waals surface area contributed by atoms with Crippen LogP contribution in [0.1, 0.15) is 32.1 Å². The summed E-state index contributed by atoms with van der Waals surface area (Å²) in [7, 11) is 0. The van der Waals surface area contributed by atoms with Gasteiger partial charge in [0.25, 0.3) is 0 Å². The second kappa shape index (κ2) is 7.74. The number of nitrogens with zero attached hydrogens (tertiary/aromatic N) is 2. The van der Waals surface area contributed by atoms with E-state index in [1.165, 1.54) is 30.2 Å². The van der Waals surface area contributed by atoms with Crippen LogP contribution in [0.4, 0.5) is 20.6 Å². The highest BCUT2D eigenvalue weighted by Crippen LogP contribution is 2.40. The van der Waals surface area contributed by atoms with Crippen LogP contribution in [-0.4, -0.2) is 48.9 Å². The summed E-state index contributed by atoms with van der Waals surface area (Å²) < 4.78 is 20.5. The van der Waals surface area contributed by atoms with E-state index in [9.17, 15) is 4.79 Å². The summed E-state index contributed by atoms with van der Waals surface area (Å²) in [5.74, 6) is 2.43. The molecule has 3 atom stereocenters. The Morgan fingerprint density at radius 3 is 2.66 bits per heavy atom. The lowest BCUT2D eigenvalue weighted by Crippen LogP contribution is -2.43. The number of thioether (sulfide) groups is 1. The summed E-state index contributed by atoms with van der Waals surface area (Å²) in [6, 6.07) is 6.03. The molecule has 3 heterocycles. The number of cyclic esters (lactones) is 1. The SMILES string of the molecule is C=C(NC[C@H]1CN(c2ccc(N3C4CCC3CSC4)c(F)c2)C(=O)O1)C1CCC1. The first-order valence-corrected chi connectivity index (χ1v) is 11.8. The monoisotopic (exact) mass is 417 g/mol. The van der Waals surface area contributed by atoms with Gasteiger partial charge in [-0.1, -0.05) is 13.0 Å². The van der Waals surface area contributed by atoms with Gasteiger partial charge in [0, 0.05) is 29.3 Å². The lowest BCUT2D eigenvalue weighted by Gasteiger charge is -2.36. The second-order valence-corrected chi connectivity index (χ2v) is 9.69. The van der Waals surface area contributed by atoms with Crippen LogP contribution in [0.5, 0.6) is 0 Å². The molecule has 3 saturated heterocycles. The second-order valence-electron chi connectivity index (χ2n) is 8.62. The highest BCUT2D eigenvalue weighted by atomic mass is 32.2. The molecule has 4 aliphatic rings. The zero-order valence-corrected chi connectivity index (χ0v) is 17.4. The van der Waals surface area contributed by atoms with Gasteiger partial charge in [-0.3, -0.25) is 4.90 Å². The van der Waals surface area contributed by atoms with Gasteiger partial charge in [-0.05, 0) is 49.8 Å². The van der Waals surface area contributed by atoms with Crippen LogP contribution < -0.4 is 15.1 Å². The lowest BCUT2D eigenvalue weighted by molar-refractivity contribution is 0.140. The number of allylic oxidation sites excluding steroid dienone is 1. The Balaban J connectivity index is 1.24. The molecule has 0 spiro atoms. The van der Waals surface area contributed by atoms with Crippen LogP contribution >= 0.6 is 11.8 Å². The number of rotatable bonds is 6. The van der Waals surface area contributed by atoms with Gasteiger partial charge in [0.2, 0.25) is 0 Å². The number of fused-ring (bicyclic) bond motifs is 2. The Hall–Kier alpha value is -1.89. The third-order valence-electron chi connectivity index (χ3n) is 6.79. The Morgan fingerprint density at radius 2 is 2.00 bits per heavy atom. The summed E-state index contributed by atoms with van der Waals surface area (Å²) >= 11 is 1.97. The minimum Gasteiger partial charge on any atom is -0.442 e. The number of halogens is 1. The van der Waals surface area contributed by atoms with Crippen molar-refractivity contribution in [1.29, 1.82) is 0 Å². The van der Waals surface area contributed by atoms with Gasteiger partial charge in [-0.25, -0.2) is 9.18 Å². The molecule has 1 aromatic carbocycles. The number of carbonyl (C=O) groups is 1. The predicted molar refractivity (Wildman–Crippen MR) is 115 cm³/mol. The molecule has 1 saturated carbocycles. The van der Waals surface area contributed by atoms with Gasteiger partial charge in [0.15, 0.2) is 0 Å². The number of anilines is 2. The maximum absolute atomic E-state index is 15.0. The van der Waals surface area contributed by atoms with Gasteiger partial charge in [-0.2, -0.15) is 11.8 Å². The summed E-state index contributed by atoms with van der Waals surface area (Å²) in [4.78, 5) is 16.2. The summed E-state index contributed by atoms with van der Waals surface area (Å²) in [6.45, 7) is 5.07. The van der Waals surface area contributed by atoms with E-state index in [0.717, 1.165) is 30.0 Å². The van der Waals surface area contributed by atoms with Crippen LogP contribution in [0.2, 0.25) is 0 Å². The van der Waals surface area contributed by atoms with E-state index in [1.54, 1.807) is 0 Å². The number of ether oxygens (including phenoxy) is 1. The van der Waals surface area contributed by atoms with E-state index in [2.05, 4.69) is 16.8 Å². The van der Waals surface area contributed by atoms with E-state index < -0.39 is 6.09 Å². The van der Waals surface area contributed by atoms with Crippen molar-refractivity contribution in [3.05, 3.63) is 36.3 Å². The van der Waals surface area contributed by atoms with Crippen molar-refractivity contribution in [3.63, 3.8) is 0 Å². The van der Waals surface area contributed by atoms with Crippen molar-refractivity contribution in [3.8, 4) is 0 Å². The first-order chi connectivity index (χ1) is 14.1. The van der Waals surface area contributed by atoms with Crippen LogP contribution in [0.3, 0.4) is 0 Å². The number of benzene rings is 1. The van der Waals surface area contributed by atoms with Crippen LogP contribution in [0.15, 0.2) is 30.5 Å². The molecule has 5 rings (SSSR count). The number of hydrogen-bond acceptors (Lipinski definition) is 5. The van der Waals surface area contributed by atoms with Crippen LogP contribution in [-0.2, 0) is 4.74 Å². The fourth-order valence-corrected chi connectivity index (χ4v) is 6.21. The fourth-order valence-electron chi connectivity index (χ4n) is 4.88. The first-order valence-electron chi connectivity index (χ1n) is 10.7. The molecule has 1 aliphatic carbocycles. The number of nitrogens with one attached hydrogen (secondary N) is 1. The quantitative estimate of drug-likeness (QED) is 0.754. The van der Waals surface area contributed by atoms with Crippen molar-refractivity contribution >= 4 is 29.2 Å². The van der Waals surface area contributed by atoms with E-state index in [-0.39, 0.29) is 11.9 Å². The normalized spacial score (nSPS) is 29.0. The minimum absolute atomic E-state index is 0.251. The fraction of sp³-hybridized carbons (Fsp3) is 0.591. The van der Waals surface area contributed by atoms with Crippen molar-refractivity contribution in [2.45, 2.75) is 50.3 Å². The smallest absolute Gasteiger partial charge is 0.414 e. The first kappa shape index (κ1) is 19.1. The molecule has 2 unspecified atom stereocenters. The molecule has 1 amide bonds. The standard InChI is InChI=1S/C22H28FN3O2S/c1-14(15-3-2-4-15)24-10-19-11-25(22(27)28-19)16-7-8-21(20(23)9-16)26-17-5-6-18(26)13-29-12-17/h7-9,15,17-19,24H,1-6,10-13H2/t17?,18?,19-/m0/s1. The Kier molecular flexibility index (Phi) is 5.10. The largest absolute Gasteiger partial charge is 0.442 e. The number of carbonyl (C=O) groups excluding carboxylic acids is 1. The van der Waals surface area contributed by atoms with Crippen molar-refractivity contribution < 1.29 is 13.9 Å². The Morgan fingerprint density at radius 1 is 1.24 bits per heavy atom. The molecule has 156 valence electrons. The molecule has 5 nitrogen and oxygen atoms in total. The minimum atomic E-state index is -0.410. The molecule has 7 heteroatoms. The molecule has 29 heavy (non-hydrogen) atoms. The molecule has 1 aromatic rings. The van der Waals surface area contributed by atoms with Gasteiger partial charge >= 0.3 is 6.09 Å². The average Bonchev–Trinajstić information content (AvgIpc) is 3.14. The number of amides is 1. The summed E-state index contributed by atoms with van der Waals surface area (Å²) in [5.41, 5.74) is 2.27. The van der Waals surface area contributed by atoms with Crippen LogP contribution in [0.25, 0.3) is 0 Å². The molecule has 4 fully saturated rings. The third-order valence-corrected chi connectivity index (χ3v) is 8.03. The van der Waals surface area contributed by atoms with E-state index in [0.29, 0.717) is 42.5 Å². The predicted octanol–water partition coefficient (Wildman–Crippen LogP) is 4.14. The molecule has 0 aromatic heterocycles. The molecular weight excluding hydrogens is 389 g/mol. The van der Waals surface area contributed by atoms with Crippen molar-refractivity contribution in [1.82, 2.24) is 5.32 Å². The van der Waals surface area contributed by atoms with Gasteiger partial charge in [0.05, 0.1) is 24.5 Å². The summed E-state index contributed by atoms with van der Waals surface area (Å²) in [5, 5.41) is 3.32. The van der Waals surface area contributed by atoms with E-state index in [1.807, 2.05) is 23.9 Å². The zero-order valence-electron chi connectivity index (χ0n) is 16.6. The molecule has 0 radical (unpaired) electrons. The zero-order chi connectivity index (χ0) is 20.0. The Labute approximate surface area is 175 Å². The topological polar surface area (TPSA) is 44.8 Å². The average molecular weight is 418 g/mol.